The summed E-state index contributed by atoms with van der Waals surface area (Å²) >= 11 is 5.87. The molecule has 0 unspecified atom stereocenters. The number of nitrogens with zero attached hydrogens (tertiary/aromatic N) is 2. The fraction of sp³-hybridized carbons (Fsp3) is 0.300. The molecule has 2 aliphatic heterocycles. The van der Waals surface area contributed by atoms with E-state index < -0.39 is 6.10 Å². The van der Waals surface area contributed by atoms with Gasteiger partial charge in [-0.25, -0.2) is 0 Å². The highest BCUT2D eigenvalue weighted by atomic mass is 35.5. The van der Waals surface area contributed by atoms with Crippen molar-refractivity contribution in [2.24, 2.45) is 0 Å². The zero-order valence-electron chi connectivity index (χ0n) is 14.6. The molecular formula is C20H19ClN2O4. The molecule has 2 aromatic rings. The molecule has 6 nitrogen and oxygen atoms in total. The molecule has 0 spiro atoms. The first-order valence-corrected chi connectivity index (χ1v) is 9.22. The maximum atomic E-state index is 12.7. The quantitative estimate of drug-likeness (QED) is 0.795. The van der Waals surface area contributed by atoms with Gasteiger partial charge in [0.2, 0.25) is 6.10 Å². The molecule has 0 radical (unpaired) electrons. The van der Waals surface area contributed by atoms with E-state index in [-0.39, 0.29) is 18.4 Å². The van der Waals surface area contributed by atoms with Crippen LogP contribution in [0.1, 0.15) is 10.4 Å². The molecule has 140 valence electrons. The number of rotatable bonds is 2. The minimum atomic E-state index is -0.654. The minimum Gasteiger partial charge on any atom is -0.485 e. The Bertz CT molecular complexity index is 847. The number of ether oxygens (including phenoxy) is 2. The Hall–Kier alpha value is -2.73. The molecule has 1 saturated heterocycles. The predicted octanol–water partition coefficient (Wildman–Crippen LogP) is 2.46. The average molecular weight is 387 g/mol. The number of amides is 2. The van der Waals surface area contributed by atoms with Gasteiger partial charge in [-0.15, -0.1) is 0 Å². The first-order valence-electron chi connectivity index (χ1n) is 8.84. The first kappa shape index (κ1) is 17.7. The summed E-state index contributed by atoms with van der Waals surface area (Å²) < 4.78 is 11.4. The first-order chi connectivity index (χ1) is 13.1. The molecule has 0 saturated carbocycles. The number of piperazine rings is 1. The summed E-state index contributed by atoms with van der Waals surface area (Å²) in [5.41, 5.74) is 0.597. The lowest BCUT2D eigenvalue weighted by atomic mass is 10.1. The predicted molar refractivity (Wildman–Crippen MR) is 100 cm³/mol. The van der Waals surface area contributed by atoms with E-state index in [1.54, 1.807) is 40.1 Å². The molecular weight excluding hydrogens is 368 g/mol. The largest absolute Gasteiger partial charge is 0.485 e. The van der Waals surface area contributed by atoms with Gasteiger partial charge in [-0.05, 0) is 36.4 Å². The summed E-state index contributed by atoms with van der Waals surface area (Å²) in [6.45, 7) is 2.10. The fourth-order valence-electron chi connectivity index (χ4n) is 3.25. The highest BCUT2D eigenvalue weighted by Crippen LogP contribution is 2.31. The van der Waals surface area contributed by atoms with E-state index in [2.05, 4.69) is 0 Å². The third kappa shape index (κ3) is 3.71. The molecule has 0 aromatic heterocycles. The Labute approximate surface area is 162 Å². The van der Waals surface area contributed by atoms with E-state index in [9.17, 15) is 9.59 Å². The molecule has 0 aliphatic carbocycles. The number of fused-ring (bicyclic) bond motifs is 1. The zero-order chi connectivity index (χ0) is 18.8. The maximum Gasteiger partial charge on any atom is 0.267 e. The van der Waals surface area contributed by atoms with Crippen molar-refractivity contribution in [1.29, 1.82) is 0 Å². The van der Waals surface area contributed by atoms with E-state index in [1.807, 2.05) is 18.2 Å². The lowest BCUT2D eigenvalue weighted by molar-refractivity contribution is -0.142. The van der Waals surface area contributed by atoms with Crippen molar-refractivity contribution in [3.05, 3.63) is 59.1 Å². The summed E-state index contributed by atoms with van der Waals surface area (Å²) in [6.07, 6.45) is -0.654. The second-order valence-corrected chi connectivity index (χ2v) is 6.93. The van der Waals surface area contributed by atoms with Crippen molar-refractivity contribution in [1.82, 2.24) is 9.80 Å². The van der Waals surface area contributed by atoms with Gasteiger partial charge in [0.25, 0.3) is 11.8 Å². The molecule has 27 heavy (non-hydrogen) atoms. The van der Waals surface area contributed by atoms with Gasteiger partial charge in [0.05, 0.1) is 0 Å². The smallest absolute Gasteiger partial charge is 0.267 e. The summed E-state index contributed by atoms with van der Waals surface area (Å²) in [5.74, 6) is 1.08. The van der Waals surface area contributed by atoms with E-state index >= 15 is 0 Å². The number of carbonyl (C=O) groups excluding carboxylic acids is 2. The van der Waals surface area contributed by atoms with Crippen LogP contribution >= 0.6 is 11.6 Å². The minimum absolute atomic E-state index is 0.0510. The van der Waals surface area contributed by atoms with E-state index in [0.29, 0.717) is 48.3 Å². The summed E-state index contributed by atoms with van der Waals surface area (Å²) in [4.78, 5) is 28.8. The Morgan fingerprint density at radius 3 is 2.22 bits per heavy atom. The van der Waals surface area contributed by atoms with Crippen LogP contribution in [0.4, 0.5) is 0 Å². The average Bonchev–Trinajstić information content (AvgIpc) is 2.73. The van der Waals surface area contributed by atoms with Gasteiger partial charge >= 0.3 is 0 Å². The van der Waals surface area contributed by atoms with Crippen LogP contribution < -0.4 is 9.47 Å². The second-order valence-electron chi connectivity index (χ2n) is 6.49. The van der Waals surface area contributed by atoms with Gasteiger partial charge in [0, 0.05) is 36.8 Å². The molecule has 4 rings (SSSR count). The van der Waals surface area contributed by atoms with Gasteiger partial charge < -0.3 is 19.3 Å². The van der Waals surface area contributed by atoms with Crippen molar-refractivity contribution in [3.63, 3.8) is 0 Å². The molecule has 7 heteroatoms. The van der Waals surface area contributed by atoms with Crippen molar-refractivity contribution in [2.45, 2.75) is 6.10 Å². The number of hydrogen-bond donors (Lipinski definition) is 0. The van der Waals surface area contributed by atoms with Gasteiger partial charge in [-0.2, -0.15) is 0 Å². The van der Waals surface area contributed by atoms with E-state index in [4.69, 9.17) is 21.1 Å². The summed E-state index contributed by atoms with van der Waals surface area (Å²) in [7, 11) is 0. The van der Waals surface area contributed by atoms with Gasteiger partial charge in [-0.3, -0.25) is 9.59 Å². The molecule has 0 N–H and O–H groups in total. The third-order valence-corrected chi connectivity index (χ3v) is 5.01. The number of para-hydroxylation sites is 2. The van der Waals surface area contributed by atoms with Gasteiger partial charge in [-0.1, -0.05) is 23.7 Å². The van der Waals surface area contributed by atoms with Crippen molar-refractivity contribution in [2.75, 3.05) is 32.8 Å². The molecule has 1 atom stereocenters. The number of halogens is 1. The number of hydrogen-bond acceptors (Lipinski definition) is 4. The van der Waals surface area contributed by atoms with Crippen LogP contribution in [-0.2, 0) is 4.79 Å². The lowest BCUT2D eigenvalue weighted by Gasteiger charge is -2.37. The molecule has 0 bridgehead atoms. The summed E-state index contributed by atoms with van der Waals surface area (Å²) in [6, 6.07) is 14.1. The van der Waals surface area contributed by atoms with Crippen LogP contribution in [0.25, 0.3) is 0 Å². The molecule has 2 heterocycles. The standard InChI is InChI=1S/C20H19ClN2O4/c21-15-7-5-14(6-8-15)19(24)22-9-11-23(12-10-22)20(25)18-13-26-16-3-1-2-4-17(16)27-18/h1-8,18H,9-13H2/t18-/m0/s1. The monoisotopic (exact) mass is 386 g/mol. The normalized spacial score (nSPS) is 18.9. The second kappa shape index (κ2) is 7.48. The number of benzene rings is 2. The van der Waals surface area contributed by atoms with Crippen molar-refractivity contribution >= 4 is 23.4 Å². The van der Waals surface area contributed by atoms with Crippen LogP contribution in [0.3, 0.4) is 0 Å². The Kier molecular flexibility index (Phi) is 4.90. The SMILES string of the molecule is O=C(c1ccc(Cl)cc1)N1CCN(C(=O)[C@@H]2COc3ccccc3O2)CC1. The lowest BCUT2D eigenvalue weighted by Crippen LogP contribution is -2.55. The fourth-order valence-corrected chi connectivity index (χ4v) is 3.38. The molecule has 2 aliphatic rings. The van der Waals surface area contributed by atoms with Crippen molar-refractivity contribution in [3.8, 4) is 11.5 Å². The maximum absolute atomic E-state index is 12.7. The topological polar surface area (TPSA) is 59.1 Å². The Balaban J connectivity index is 1.34. The van der Waals surface area contributed by atoms with Crippen LogP contribution in [0.5, 0.6) is 11.5 Å². The van der Waals surface area contributed by atoms with E-state index in [0.717, 1.165) is 0 Å². The Morgan fingerprint density at radius 2 is 1.52 bits per heavy atom. The highest BCUT2D eigenvalue weighted by molar-refractivity contribution is 6.30. The van der Waals surface area contributed by atoms with Gasteiger partial charge in [0.15, 0.2) is 11.5 Å². The molecule has 2 amide bonds. The molecule has 1 fully saturated rings. The van der Waals surface area contributed by atoms with Crippen LogP contribution in [0, 0.1) is 0 Å². The highest BCUT2D eigenvalue weighted by Gasteiger charge is 2.33. The Morgan fingerprint density at radius 1 is 0.889 bits per heavy atom. The number of carbonyl (C=O) groups is 2. The van der Waals surface area contributed by atoms with Crippen molar-refractivity contribution < 1.29 is 19.1 Å². The zero-order valence-corrected chi connectivity index (χ0v) is 15.4. The van der Waals surface area contributed by atoms with Gasteiger partial charge in [0.1, 0.15) is 6.61 Å². The third-order valence-electron chi connectivity index (χ3n) is 4.75. The van der Waals surface area contributed by atoms with Crippen LogP contribution in [0.15, 0.2) is 48.5 Å². The molecule has 2 aromatic carbocycles. The van der Waals surface area contributed by atoms with E-state index in [1.165, 1.54) is 0 Å². The summed E-state index contributed by atoms with van der Waals surface area (Å²) in [5, 5.41) is 0.596. The van der Waals surface area contributed by atoms with Crippen LogP contribution in [-0.4, -0.2) is 60.5 Å². The van der Waals surface area contributed by atoms with Crippen LogP contribution in [0.2, 0.25) is 5.02 Å².